The maximum Gasteiger partial charge on any atom is 0.237 e. The molecule has 0 saturated carbocycles. The van der Waals surface area contributed by atoms with Crippen molar-refractivity contribution in [1.82, 2.24) is 10.6 Å². The number of thioether (sulfide) groups is 1. The van der Waals surface area contributed by atoms with Gasteiger partial charge in [0.15, 0.2) is 0 Å². The average molecular weight is 264 g/mol. The summed E-state index contributed by atoms with van der Waals surface area (Å²) in [7, 11) is 1.93. The highest BCUT2D eigenvalue weighted by Crippen LogP contribution is 2.36. The molecule has 0 fully saturated rings. The van der Waals surface area contributed by atoms with Gasteiger partial charge in [0, 0.05) is 6.54 Å². The van der Waals surface area contributed by atoms with E-state index >= 15 is 0 Å². The third kappa shape index (κ3) is 3.27. The monoisotopic (exact) mass is 264 g/mol. The van der Waals surface area contributed by atoms with Gasteiger partial charge in [0.05, 0.1) is 0 Å². The minimum atomic E-state index is -0.0236. The Morgan fingerprint density at radius 1 is 1.39 bits per heavy atom. The number of carbonyl (C=O) groups is 1. The molecule has 1 heterocycles. The zero-order valence-electron chi connectivity index (χ0n) is 10.7. The highest BCUT2D eigenvalue weighted by molar-refractivity contribution is 8.00. The van der Waals surface area contributed by atoms with Gasteiger partial charge in [-0.05, 0) is 43.3 Å². The molecule has 0 saturated heterocycles. The standard InChI is InChI=1S/C14H20N2OS/c1-15-8-4-9-16-14(17)13-12-6-3-2-5-11(12)7-10-18-13/h2-3,5-6,13,15H,4,7-10H2,1H3,(H,16,17). The summed E-state index contributed by atoms with van der Waals surface area (Å²) in [6, 6.07) is 8.29. The molecular weight excluding hydrogens is 244 g/mol. The average Bonchev–Trinajstić information content (AvgIpc) is 2.43. The van der Waals surface area contributed by atoms with Gasteiger partial charge in [0.2, 0.25) is 5.91 Å². The van der Waals surface area contributed by atoms with E-state index in [1.165, 1.54) is 11.1 Å². The van der Waals surface area contributed by atoms with E-state index in [4.69, 9.17) is 0 Å². The van der Waals surface area contributed by atoms with Crippen molar-refractivity contribution in [2.24, 2.45) is 0 Å². The molecule has 1 aromatic carbocycles. The summed E-state index contributed by atoms with van der Waals surface area (Å²) >= 11 is 1.75. The Balaban J connectivity index is 1.95. The van der Waals surface area contributed by atoms with Crippen LogP contribution in [0.25, 0.3) is 0 Å². The van der Waals surface area contributed by atoms with Gasteiger partial charge >= 0.3 is 0 Å². The molecule has 0 bridgehead atoms. The van der Waals surface area contributed by atoms with Crippen molar-refractivity contribution in [2.45, 2.75) is 18.1 Å². The molecule has 1 aliphatic heterocycles. The van der Waals surface area contributed by atoms with Gasteiger partial charge in [-0.3, -0.25) is 4.79 Å². The quantitative estimate of drug-likeness (QED) is 0.796. The minimum absolute atomic E-state index is 0.0236. The van der Waals surface area contributed by atoms with Gasteiger partial charge in [-0.1, -0.05) is 24.3 Å². The first-order chi connectivity index (χ1) is 8.83. The number of hydrogen-bond donors (Lipinski definition) is 2. The largest absolute Gasteiger partial charge is 0.355 e. The molecule has 1 aromatic rings. The zero-order chi connectivity index (χ0) is 12.8. The molecule has 1 amide bonds. The maximum absolute atomic E-state index is 12.2. The Morgan fingerprint density at radius 3 is 3.06 bits per heavy atom. The van der Waals surface area contributed by atoms with Crippen molar-refractivity contribution in [2.75, 3.05) is 25.9 Å². The van der Waals surface area contributed by atoms with E-state index in [-0.39, 0.29) is 11.2 Å². The molecule has 0 aromatic heterocycles. The van der Waals surface area contributed by atoms with Gasteiger partial charge in [-0.25, -0.2) is 0 Å². The molecule has 1 aliphatic rings. The molecule has 0 radical (unpaired) electrons. The minimum Gasteiger partial charge on any atom is -0.355 e. The summed E-state index contributed by atoms with van der Waals surface area (Å²) in [6.45, 7) is 1.69. The Morgan fingerprint density at radius 2 is 2.22 bits per heavy atom. The lowest BCUT2D eigenvalue weighted by Crippen LogP contribution is -2.31. The van der Waals surface area contributed by atoms with Crippen LogP contribution in [-0.2, 0) is 11.2 Å². The van der Waals surface area contributed by atoms with Gasteiger partial charge in [-0.15, -0.1) is 11.8 Å². The molecule has 98 valence electrons. The molecular formula is C14H20N2OS. The van der Waals surface area contributed by atoms with Gasteiger partial charge in [0.25, 0.3) is 0 Å². The Hall–Kier alpha value is -1.00. The molecule has 0 aliphatic carbocycles. The number of nitrogens with one attached hydrogen (secondary N) is 2. The van der Waals surface area contributed by atoms with Crippen LogP contribution < -0.4 is 10.6 Å². The second kappa shape index (κ2) is 6.81. The van der Waals surface area contributed by atoms with E-state index in [0.717, 1.165) is 31.7 Å². The molecule has 2 N–H and O–H groups in total. The number of hydrogen-bond acceptors (Lipinski definition) is 3. The van der Waals surface area contributed by atoms with Gasteiger partial charge in [-0.2, -0.15) is 0 Å². The van der Waals surface area contributed by atoms with E-state index in [1.54, 1.807) is 11.8 Å². The molecule has 1 unspecified atom stereocenters. The second-order valence-corrected chi connectivity index (χ2v) is 5.66. The van der Waals surface area contributed by atoms with Gasteiger partial charge in [0.1, 0.15) is 5.25 Å². The summed E-state index contributed by atoms with van der Waals surface area (Å²) in [5, 5.41) is 6.08. The van der Waals surface area contributed by atoms with E-state index in [1.807, 2.05) is 13.1 Å². The molecule has 1 atom stereocenters. The topological polar surface area (TPSA) is 41.1 Å². The van der Waals surface area contributed by atoms with Crippen LogP contribution in [0.2, 0.25) is 0 Å². The lowest BCUT2D eigenvalue weighted by molar-refractivity contribution is -0.120. The summed E-state index contributed by atoms with van der Waals surface area (Å²) in [5.41, 5.74) is 2.52. The molecule has 18 heavy (non-hydrogen) atoms. The number of fused-ring (bicyclic) bond motifs is 1. The second-order valence-electron chi connectivity index (χ2n) is 4.45. The lowest BCUT2D eigenvalue weighted by atomic mass is 10.0. The van der Waals surface area contributed by atoms with Crippen LogP contribution in [0.3, 0.4) is 0 Å². The van der Waals surface area contributed by atoms with Crippen LogP contribution in [0.1, 0.15) is 22.8 Å². The van der Waals surface area contributed by atoms with Crippen molar-refractivity contribution in [3.05, 3.63) is 35.4 Å². The predicted molar refractivity (Wildman–Crippen MR) is 76.9 cm³/mol. The third-order valence-corrected chi connectivity index (χ3v) is 4.38. The van der Waals surface area contributed by atoms with E-state index in [2.05, 4.69) is 28.8 Å². The van der Waals surface area contributed by atoms with Crippen LogP contribution in [0.5, 0.6) is 0 Å². The van der Waals surface area contributed by atoms with Crippen LogP contribution in [-0.4, -0.2) is 31.8 Å². The first-order valence-electron chi connectivity index (χ1n) is 6.44. The van der Waals surface area contributed by atoms with E-state index in [9.17, 15) is 4.79 Å². The molecule has 2 rings (SSSR count). The Bertz CT molecular complexity index is 409. The lowest BCUT2D eigenvalue weighted by Gasteiger charge is -2.24. The normalized spacial score (nSPS) is 18.2. The first kappa shape index (κ1) is 13.4. The van der Waals surface area contributed by atoms with Crippen LogP contribution in [0.4, 0.5) is 0 Å². The fourth-order valence-electron chi connectivity index (χ4n) is 2.18. The van der Waals surface area contributed by atoms with Crippen molar-refractivity contribution in [1.29, 1.82) is 0 Å². The first-order valence-corrected chi connectivity index (χ1v) is 7.49. The SMILES string of the molecule is CNCCCNC(=O)C1SCCc2ccccc21. The van der Waals surface area contributed by atoms with Crippen LogP contribution >= 0.6 is 11.8 Å². The molecule has 3 nitrogen and oxygen atoms in total. The van der Waals surface area contributed by atoms with E-state index in [0.29, 0.717) is 0 Å². The summed E-state index contributed by atoms with van der Waals surface area (Å²) in [6.07, 6.45) is 2.05. The number of benzene rings is 1. The van der Waals surface area contributed by atoms with Crippen molar-refractivity contribution >= 4 is 17.7 Å². The number of amides is 1. The summed E-state index contributed by atoms with van der Waals surface area (Å²) < 4.78 is 0. The fraction of sp³-hybridized carbons (Fsp3) is 0.500. The Labute approximate surface area is 113 Å². The van der Waals surface area contributed by atoms with Crippen molar-refractivity contribution in [3.63, 3.8) is 0 Å². The smallest absolute Gasteiger partial charge is 0.237 e. The summed E-state index contributed by atoms with van der Waals surface area (Å²) in [5.74, 6) is 1.19. The Kier molecular flexibility index (Phi) is 5.08. The van der Waals surface area contributed by atoms with Crippen molar-refractivity contribution < 1.29 is 4.79 Å². The number of carbonyl (C=O) groups excluding carboxylic acids is 1. The fourth-order valence-corrected chi connectivity index (χ4v) is 3.40. The van der Waals surface area contributed by atoms with Crippen LogP contribution in [0, 0.1) is 0 Å². The van der Waals surface area contributed by atoms with Crippen molar-refractivity contribution in [3.8, 4) is 0 Å². The highest BCUT2D eigenvalue weighted by Gasteiger charge is 2.26. The predicted octanol–water partition coefficient (Wildman–Crippen LogP) is 1.74. The van der Waals surface area contributed by atoms with Gasteiger partial charge < -0.3 is 10.6 Å². The van der Waals surface area contributed by atoms with Crippen LogP contribution in [0.15, 0.2) is 24.3 Å². The molecule has 4 heteroatoms. The maximum atomic E-state index is 12.2. The number of aryl methyl sites for hydroxylation is 1. The number of rotatable bonds is 5. The molecule has 0 spiro atoms. The van der Waals surface area contributed by atoms with E-state index < -0.39 is 0 Å². The highest BCUT2D eigenvalue weighted by atomic mass is 32.2. The third-order valence-electron chi connectivity index (χ3n) is 3.13. The summed E-state index contributed by atoms with van der Waals surface area (Å²) in [4.78, 5) is 12.2. The zero-order valence-corrected chi connectivity index (χ0v) is 11.6.